The minimum Gasteiger partial charge on any atom is -0.465 e. The number of hydrogen-bond acceptors (Lipinski definition) is 3. The van der Waals surface area contributed by atoms with Gasteiger partial charge in [0, 0.05) is 18.1 Å². The second-order valence-electron chi connectivity index (χ2n) is 1.54. The summed E-state index contributed by atoms with van der Waals surface area (Å²) >= 11 is 1.22. The molecule has 0 saturated carbocycles. The van der Waals surface area contributed by atoms with Crippen LogP contribution in [0.25, 0.3) is 0 Å². The van der Waals surface area contributed by atoms with Gasteiger partial charge in [0.1, 0.15) is 0 Å². The summed E-state index contributed by atoms with van der Waals surface area (Å²) in [5, 5.41) is 11.0. The minimum absolute atomic E-state index is 0.579. The summed E-state index contributed by atoms with van der Waals surface area (Å²) in [6.45, 7) is 0. The summed E-state index contributed by atoms with van der Waals surface area (Å²) in [4.78, 5) is 10.1. The Morgan fingerprint density at radius 3 is 3.10 bits per heavy atom. The van der Waals surface area contributed by atoms with Crippen molar-refractivity contribution < 1.29 is 9.90 Å². The van der Waals surface area contributed by atoms with Crippen LogP contribution in [0.15, 0.2) is 23.4 Å². The van der Waals surface area contributed by atoms with Crippen LogP contribution in [0.1, 0.15) is 0 Å². The number of rotatable bonds is 1. The van der Waals surface area contributed by atoms with E-state index in [1.54, 1.807) is 18.4 Å². The van der Waals surface area contributed by atoms with Crippen molar-refractivity contribution in [1.29, 1.82) is 0 Å². The zero-order valence-electron chi connectivity index (χ0n) is 5.00. The summed E-state index contributed by atoms with van der Waals surface area (Å²) < 4.78 is 2.78. The molecule has 0 aromatic rings. The Morgan fingerprint density at radius 2 is 2.60 bits per heavy atom. The van der Waals surface area contributed by atoms with Crippen molar-refractivity contribution in [1.82, 2.24) is 10.0 Å². The zero-order chi connectivity index (χ0) is 7.40. The first-order valence-corrected chi connectivity index (χ1v) is 3.40. The largest absolute Gasteiger partial charge is 0.465 e. The Morgan fingerprint density at radius 1 is 1.80 bits per heavy atom. The standard InChI is InChI=1S/C5H6N2O2S/c8-5(9)7-4-2-1-3-6-10-4/h1-3,6-7H,(H,8,9). The van der Waals surface area contributed by atoms with Gasteiger partial charge < -0.3 is 9.83 Å². The average Bonchev–Trinajstić information content (AvgIpc) is 1.88. The number of carboxylic acid groups (broad SMARTS) is 1. The van der Waals surface area contributed by atoms with Crippen LogP contribution < -0.4 is 10.0 Å². The van der Waals surface area contributed by atoms with E-state index >= 15 is 0 Å². The van der Waals surface area contributed by atoms with E-state index in [0.717, 1.165) is 0 Å². The third-order valence-electron chi connectivity index (χ3n) is 0.811. The minimum atomic E-state index is -1.05. The van der Waals surface area contributed by atoms with Crippen LogP contribution in [-0.4, -0.2) is 11.2 Å². The van der Waals surface area contributed by atoms with E-state index in [-0.39, 0.29) is 0 Å². The maximum absolute atomic E-state index is 10.1. The van der Waals surface area contributed by atoms with Crippen molar-refractivity contribution in [2.24, 2.45) is 0 Å². The first-order valence-electron chi connectivity index (χ1n) is 2.58. The maximum Gasteiger partial charge on any atom is 0.409 e. The molecule has 1 aliphatic heterocycles. The molecule has 1 rings (SSSR count). The van der Waals surface area contributed by atoms with Crippen molar-refractivity contribution in [3.63, 3.8) is 0 Å². The van der Waals surface area contributed by atoms with Gasteiger partial charge in [-0.1, -0.05) is 0 Å². The highest BCUT2D eigenvalue weighted by Gasteiger charge is 2.01. The monoisotopic (exact) mass is 158 g/mol. The van der Waals surface area contributed by atoms with Crippen LogP contribution in [0.2, 0.25) is 0 Å². The normalized spacial score (nSPS) is 15.4. The van der Waals surface area contributed by atoms with E-state index in [1.807, 2.05) is 0 Å². The van der Waals surface area contributed by atoms with Crippen molar-refractivity contribution in [3.8, 4) is 0 Å². The molecule has 1 amide bonds. The van der Waals surface area contributed by atoms with Gasteiger partial charge in [0.15, 0.2) is 0 Å². The molecule has 10 heavy (non-hydrogen) atoms. The lowest BCUT2D eigenvalue weighted by Gasteiger charge is -2.07. The van der Waals surface area contributed by atoms with E-state index in [1.165, 1.54) is 11.9 Å². The fraction of sp³-hybridized carbons (Fsp3) is 0. The summed E-state index contributed by atoms with van der Waals surface area (Å²) in [6.07, 6.45) is 4.07. The van der Waals surface area contributed by atoms with E-state index in [2.05, 4.69) is 10.0 Å². The smallest absolute Gasteiger partial charge is 0.409 e. The van der Waals surface area contributed by atoms with Gasteiger partial charge in [-0.15, -0.1) is 0 Å². The van der Waals surface area contributed by atoms with Crippen molar-refractivity contribution in [2.75, 3.05) is 0 Å². The molecule has 1 heterocycles. The summed E-state index contributed by atoms with van der Waals surface area (Å²) in [6, 6.07) is 0. The molecule has 0 radical (unpaired) electrons. The maximum atomic E-state index is 10.1. The Hall–Kier alpha value is -1.10. The Bertz CT molecular complexity index is 200. The molecular weight excluding hydrogens is 152 g/mol. The highest BCUT2D eigenvalue weighted by molar-refractivity contribution is 8.01. The third-order valence-corrected chi connectivity index (χ3v) is 1.52. The lowest BCUT2D eigenvalue weighted by molar-refractivity contribution is 0.198. The SMILES string of the molecule is O=C(O)NC1=CC=CNS1. The number of allylic oxidation sites excluding steroid dienone is 2. The Balaban J connectivity index is 2.47. The fourth-order valence-electron chi connectivity index (χ4n) is 0.479. The molecule has 0 aromatic heterocycles. The van der Waals surface area contributed by atoms with E-state index in [9.17, 15) is 4.79 Å². The van der Waals surface area contributed by atoms with Gasteiger partial charge in [-0.3, -0.25) is 5.32 Å². The van der Waals surface area contributed by atoms with Crippen LogP contribution in [-0.2, 0) is 0 Å². The predicted octanol–water partition coefficient (Wildman–Crippen LogP) is 0.861. The van der Waals surface area contributed by atoms with E-state index in [4.69, 9.17) is 5.11 Å². The molecule has 54 valence electrons. The first kappa shape index (κ1) is 7.01. The van der Waals surface area contributed by atoms with Gasteiger partial charge in [0.25, 0.3) is 0 Å². The highest BCUT2D eigenvalue weighted by atomic mass is 32.2. The van der Waals surface area contributed by atoms with Crippen LogP contribution in [0.3, 0.4) is 0 Å². The molecule has 0 spiro atoms. The number of carbonyl (C=O) groups is 1. The van der Waals surface area contributed by atoms with Gasteiger partial charge in [-0.2, -0.15) is 0 Å². The van der Waals surface area contributed by atoms with Crippen molar-refractivity contribution >= 4 is 18.0 Å². The summed E-state index contributed by atoms with van der Waals surface area (Å²) in [7, 11) is 0. The topological polar surface area (TPSA) is 61.4 Å². The molecule has 0 saturated heterocycles. The second kappa shape index (κ2) is 3.17. The molecule has 5 heteroatoms. The zero-order valence-corrected chi connectivity index (χ0v) is 5.81. The van der Waals surface area contributed by atoms with E-state index < -0.39 is 6.09 Å². The molecule has 0 aliphatic carbocycles. The van der Waals surface area contributed by atoms with Crippen LogP contribution in [0.5, 0.6) is 0 Å². The molecule has 0 fully saturated rings. The van der Waals surface area contributed by atoms with Gasteiger partial charge in [-0.05, 0) is 12.2 Å². The van der Waals surface area contributed by atoms with Gasteiger partial charge in [0.05, 0.1) is 5.03 Å². The molecular formula is C5H6N2O2S. The molecule has 0 aromatic carbocycles. The van der Waals surface area contributed by atoms with Gasteiger partial charge in [0.2, 0.25) is 0 Å². The Kier molecular flexibility index (Phi) is 2.22. The Labute approximate surface area is 62.1 Å². The lowest BCUT2D eigenvalue weighted by atomic mass is 10.5. The number of hydrogen-bond donors (Lipinski definition) is 3. The molecule has 1 aliphatic rings. The quantitative estimate of drug-likeness (QED) is 0.495. The third kappa shape index (κ3) is 2.02. The number of amides is 1. The van der Waals surface area contributed by atoms with Crippen LogP contribution >= 0.6 is 11.9 Å². The van der Waals surface area contributed by atoms with Gasteiger partial charge in [-0.25, -0.2) is 4.79 Å². The van der Waals surface area contributed by atoms with Crippen LogP contribution in [0, 0.1) is 0 Å². The molecule has 0 bridgehead atoms. The predicted molar refractivity (Wildman–Crippen MR) is 39.1 cm³/mol. The summed E-state index contributed by atoms with van der Waals surface area (Å²) in [5.74, 6) is 0. The fourth-order valence-corrected chi connectivity index (χ4v) is 1.04. The second-order valence-corrected chi connectivity index (χ2v) is 2.42. The molecule has 0 unspecified atom stereocenters. The van der Waals surface area contributed by atoms with Crippen molar-refractivity contribution in [2.45, 2.75) is 0 Å². The highest BCUT2D eigenvalue weighted by Crippen LogP contribution is 2.10. The molecule has 3 N–H and O–H groups in total. The van der Waals surface area contributed by atoms with E-state index in [0.29, 0.717) is 5.03 Å². The first-order chi connectivity index (χ1) is 4.79. The average molecular weight is 158 g/mol. The number of nitrogens with one attached hydrogen (secondary N) is 2. The molecule has 0 atom stereocenters. The summed E-state index contributed by atoms with van der Waals surface area (Å²) in [5.41, 5.74) is 0. The van der Waals surface area contributed by atoms with Crippen molar-refractivity contribution in [3.05, 3.63) is 23.4 Å². The lowest BCUT2D eigenvalue weighted by Crippen LogP contribution is -2.20. The van der Waals surface area contributed by atoms with Crippen LogP contribution in [0.4, 0.5) is 4.79 Å². The van der Waals surface area contributed by atoms with Gasteiger partial charge >= 0.3 is 6.09 Å². The molecule has 4 nitrogen and oxygen atoms in total.